The van der Waals surface area contributed by atoms with Gasteiger partial charge >= 0.3 is 5.97 Å². The molecule has 4 heteroatoms. The number of carbonyl (C=O) groups is 2. The van der Waals surface area contributed by atoms with Crippen LogP contribution in [0, 0.1) is 26.2 Å². The minimum absolute atomic E-state index is 0.0665. The average Bonchev–Trinajstić information content (AvgIpc) is 2.42. The smallest absolute Gasteiger partial charge is 0.303 e. The van der Waals surface area contributed by atoms with E-state index in [-0.39, 0.29) is 17.7 Å². The summed E-state index contributed by atoms with van der Waals surface area (Å²) in [7, 11) is 0. The third-order valence-corrected chi connectivity index (χ3v) is 4.92. The number of aliphatic carboxylic acids is 1. The predicted octanol–water partition coefficient (Wildman–Crippen LogP) is 4.37. The van der Waals surface area contributed by atoms with Crippen LogP contribution in [-0.2, 0) is 9.59 Å². The van der Waals surface area contributed by atoms with Gasteiger partial charge in [0.1, 0.15) is 0 Å². The lowest BCUT2D eigenvalue weighted by Crippen LogP contribution is -2.32. The van der Waals surface area contributed by atoms with Gasteiger partial charge in [-0.2, -0.15) is 0 Å². The summed E-state index contributed by atoms with van der Waals surface area (Å²) < 4.78 is 0. The van der Waals surface area contributed by atoms with Crippen LogP contribution in [0.4, 0.5) is 5.69 Å². The van der Waals surface area contributed by atoms with Gasteiger partial charge in [0.2, 0.25) is 5.91 Å². The third-order valence-electron chi connectivity index (χ3n) is 4.92. The van der Waals surface area contributed by atoms with E-state index in [1.54, 1.807) is 0 Å². The topological polar surface area (TPSA) is 66.4 Å². The number of hydrogen-bond acceptors (Lipinski definition) is 2. The number of amides is 1. The molecule has 1 aliphatic carbocycles. The van der Waals surface area contributed by atoms with Gasteiger partial charge in [-0.3, -0.25) is 9.59 Å². The van der Waals surface area contributed by atoms with Crippen molar-refractivity contribution < 1.29 is 14.7 Å². The molecule has 23 heavy (non-hydrogen) atoms. The third kappa shape index (κ3) is 4.57. The van der Waals surface area contributed by atoms with Crippen molar-refractivity contribution >= 4 is 17.6 Å². The lowest BCUT2D eigenvalue weighted by atomic mass is 9.69. The molecule has 1 aromatic carbocycles. The van der Waals surface area contributed by atoms with Crippen LogP contribution in [-0.4, -0.2) is 17.0 Å². The van der Waals surface area contributed by atoms with E-state index in [0.717, 1.165) is 48.9 Å². The standard InChI is InChI=1S/C19H27NO3/c1-13-9-14(2)18(15(3)10-13)20-16(21)11-19(12-17(22)23)7-5-4-6-8-19/h9-10H,4-8,11-12H2,1-3H3,(H,20,21)(H,22,23). The lowest BCUT2D eigenvalue weighted by molar-refractivity contribution is -0.140. The Morgan fingerprint density at radius 3 is 2.13 bits per heavy atom. The van der Waals surface area contributed by atoms with Crippen LogP contribution >= 0.6 is 0 Å². The monoisotopic (exact) mass is 317 g/mol. The molecule has 126 valence electrons. The number of anilines is 1. The Morgan fingerprint density at radius 2 is 1.61 bits per heavy atom. The van der Waals surface area contributed by atoms with Gasteiger partial charge in [0.15, 0.2) is 0 Å². The summed E-state index contributed by atoms with van der Waals surface area (Å²) in [5.74, 6) is -0.870. The SMILES string of the molecule is Cc1cc(C)c(NC(=O)CC2(CC(=O)O)CCCCC2)c(C)c1. The Morgan fingerprint density at radius 1 is 1.04 bits per heavy atom. The molecule has 1 aromatic rings. The zero-order valence-corrected chi connectivity index (χ0v) is 14.4. The largest absolute Gasteiger partial charge is 0.481 e. The van der Waals surface area contributed by atoms with E-state index in [2.05, 4.69) is 17.4 Å². The van der Waals surface area contributed by atoms with Crippen molar-refractivity contribution in [3.63, 3.8) is 0 Å². The Balaban J connectivity index is 2.12. The molecule has 2 rings (SSSR count). The number of carbonyl (C=O) groups excluding carboxylic acids is 1. The van der Waals surface area contributed by atoms with E-state index in [1.807, 2.05) is 20.8 Å². The lowest BCUT2D eigenvalue weighted by Gasteiger charge is -2.35. The number of hydrogen-bond donors (Lipinski definition) is 2. The molecule has 1 aliphatic rings. The van der Waals surface area contributed by atoms with Gasteiger partial charge in [-0.1, -0.05) is 37.0 Å². The maximum atomic E-state index is 12.6. The van der Waals surface area contributed by atoms with E-state index < -0.39 is 5.97 Å². The first-order chi connectivity index (χ1) is 10.8. The van der Waals surface area contributed by atoms with E-state index >= 15 is 0 Å². The second kappa shape index (κ2) is 7.16. The molecule has 0 saturated heterocycles. The molecule has 0 atom stereocenters. The van der Waals surface area contributed by atoms with E-state index in [0.29, 0.717) is 6.42 Å². The molecule has 0 radical (unpaired) electrons. The molecule has 1 fully saturated rings. The van der Waals surface area contributed by atoms with Crippen LogP contribution < -0.4 is 5.32 Å². The van der Waals surface area contributed by atoms with Crippen molar-refractivity contribution in [2.45, 2.75) is 65.7 Å². The van der Waals surface area contributed by atoms with E-state index in [9.17, 15) is 14.7 Å². The first kappa shape index (κ1) is 17.5. The quantitative estimate of drug-likeness (QED) is 0.847. The van der Waals surface area contributed by atoms with Crippen molar-refractivity contribution in [1.82, 2.24) is 0 Å². The number of benzene rings is 1. The summed E-state index contributed by atoms with van der Waals surface area (Å²) in [4.78, 5) is 23.8. The molecule has 0 heterocycles. The first-order valence-electron chi connectivity index (χ1n) is 8.41. The Kier molecular flexibility index (Phi) is 5.45. The van der Waals surface area contributed by atoms with Crippen LogP contribution in [0.15, 0.2) is 12.1 Å². The van der Waals surface area contributed by atoms with Crippen LogP contribution in [0.1, 0.15) is 61.6 Å². The van der Waals surface area contributed by atoms with Gasteiger partial charge in [0, 0.05) is 12.1 Å². The minimum Gasteiger partial charge on any atom is -0.481 e. The first-order valence-corrected chi connectivity index (χ1v) is 8.41. The Bertz CT molecular complexity index is 578. The van der Waals surface area contributed by atoms with Gasteiger partial charge in [-0.15, -0.1) is 0 Å². The summed E-state index contributed by atoms with van der Waals surface area (Å²) in [5.41, 5.74) is 3.76. The highest BCUT2D eigenvalue weighted by atomic mass is 16.4. The molecular weight excluding hydrogens is 290 g/mol. The van der Waals surface area contributed by atoms with Gasteiger partial charge in [-0.05, 0) is 50.2 Å². The van der Waals surface area contributed by atoms with Crippen molar-refractivity contribution in [2.75, 3.05) is 5.32 Å². The maximum Gasteiger partial charge on any atom is 0.303 e. The summed E-state index contributed by atoms with van der Waals surface area (Å²) >= 11 is 0. The summed E-state index contributed by atoms with van der Waals surface area (Å²) in [6.07, 6.45) is 5.22. The van der Waals surface area contributed by atoms with Crippen LogP contribution in [0.25, 0.3) is 0 Å². The number of aryl methyl sites for hydroxylation is 3. The molecule has 1 saturated carbocycles. The van der Waals surface area contributed by atoms with E-state index in [1.165, 1.54) is 5.56 Å². The van der Waals surface area contributed by atoms with Crippen LogP contribution in [0.5, 0.6) is 0 Å². The average molecular weight is 317 g/mol. The fourth-order valence-electron chi connectivity index (χ4n) is 3.94. The van der Waals surface area contributed by atoms with Crippen LogP contribution in [0.2, 0.25) is 0 Å². The molecular formula is C19H27NO3. The van der Waals surface area contributed by atoms with Gasteiger partial charge in [0.05, 0.1) is 6.42 Å². The number of carboxylic acid groups (broad SMARTS) is 1. The van der Waals surface area contributed by atoms with E-state index in [4.69, 9.17) is 0 Å². The maximum absolute atomic E-state index is 12.6. The molecule has 4 nitrogen and oxygen atoms in total. The predicted molar refractivity (Wildman–Crippen MR) is 91.7 cm³/mol. The zero-order chi connectivity index (χ0) is 17.0. The van der Waals surface area contributed by atoms with Crippen molar-refractivity contribution in [3.05, 3.63) is 28.8 Å². The summed E-state index contributed by atoms with van der Waals surface area (Å²) in [6, 6.07) is 4.10. The highest BCUT2D eigenvalue weighted by Gasteiger charge is 2.36. The second-order valence-electron chi connectivity index (χ2n) is 7.13. The minimum atomic E-state index is -0.803. The van der Waals surface area contributed by atoms with Crippen molar-refractivity contribution in [2.24, 2.45) is 5.41 Å². The number of rotatable bonds is 5. The molecule has 2 N–H and O–H groups in total. The molecule has 1 amide bonds. The fraction of sp³-hybridized carbons (Fsp3) is 0.579. The van der Waals surface area contributed by atoms with Crippen molar-refractivity contribution in [1.29, 1.82) is 0 Å². The zero-order valence-electron chi connectivity index (χ0n) is 14.4. The van der Waals surface area contributed by atoms with Crippen LogP contribution in [0.3, 0.4) is 0 Å². The Labute approximate surface area is 138 Å². The molecule has 0 aliphatic heterocycles. The molecule has 0 unspecified atom stereocenters. The van der Waals surface area contributed by atoms with Gasteiger partial charge < -0.3 is 10.4 Å². The van der Waals surface area contributed by atoms with Crippen molar-refractivity contribution in [3.8, 4) is 0 Å². The summed E-state index contributed by atoms with van der Waals surface area (Å²) in [6.45, 7) is 6.02. The normalized spacial score (nSPS) is 16.8. The number of carboxylic acids is 1. The van der Waals surface area contributed by atoms with Gasteiger partial charge in [0.25, 0.3) is 0 Å². The second-order valence-corrected chi connectivity index (χ2v) is 7.13. The fourth-order valence-corrected chi connectivity index (χ4v) is 3.94. The highest BCUT2D eigenvalue weighted by molar-refractivity contribution is 5.93. The Hall–Kier alpha value is -1.84. The molecule has 0 bridgehead atoms. The highest BCUT2D eigenvalue weighted by Crippen LogP contribution is 2.42. The molecule has 0 spiro atoms. The summed E-state index contributed by atoms with van der Waals surface area (Å²) in [5, 5.41) is 12.2. The molecule has 0 aromatic heterocycles. The van der Waals surface area contributed by atoms with Gasteiger partial charge in [-0.25, -0.2) is 0 Å². The number of nitrogens with one attached hydrogen (secondary N) is 1.